The summed E-state index contributed by atoms with van der Waals surface area (Å²) in [6.45, 7) is 4.97. The van der Waals surface area contributed by atoms with Gasteiger partial charge in [0.1, 0.15) is 5.82 Å². The van der Waals surface area contributed by atoms with Gasteiger partial charge in [0.25, 0.3) is 5.92 Å². The molecule has 3 rings (SSSR count). The number of piperidine rings is 1. The van der Waals surface area contributed by atoms with Crippen LogP contribution in [0.3, 0.4) is 0 Å². The number of nitrogens with zero attached hydrogens (tertiary/aromatic N) is 3. The molecule has 0 unspecified atom stereocenters. The number of anilines is 1. The normalized spacial score (nSPS) is 27.9. The molecular formula is C17H25ClF2N4. The van der Waals surface area contributed by atoms with Crippen molar-refractivity contribution in [1.82, 2.24) is 14.9 Å². The van der Waals surface area contributed by atoms with Gasteiger partial charge < -0.3 is 5.32 Å². The molecule has 0 atom stereocenters. The molecule has 2 fully saturated rings. The number of nitrogens with one attached hydrogen (secondary N) is 1. The molecule has 1 N–H and O–H groups in total. The SMILES string of the molecule is Cc1nc(Cl)nc(NC2CCC(N3CCC(F)(F)CC3)CC2)c1C. The highest BCUT2D eigenvalue weighted by atomic mass is 35.5. The monoisotopic (exact) mass is 358 g/mol. The first-order valence-electron chi connectivity index (χ1n) is 8.73. The van der Waals surface area contributed by atoms with Crippen LogP contribution in [0.15, 0.2) is 0 Å². The number of halogens is 3. The van der Waals surface area contributed by atoms with Crippen molar-refractivity contribution in [3.63, 3.8) is 0 Å². The van der Waals surface area contributed by atoms with Crippen molar-refractivity contribution in [2.45, 2.75) is 70.4 Å². The molecule has 4 nitrogen and oxygen atoms in total. The van der Waals surface area contributed by atoms with E-state index in [0.29, 0.717) is 25.2 Å². The Hall–Kier alpha value is -1.01. The Bertz CT molecular complexity index is 578. The summed E-state index contributed by atoms with van der Waals surface area (Å²) in [5.74, 6) is -1.65. The van der Waals surface area contributed by atoms with Gasteiger partial charge in [-0.1, -0.05) is 0 Å². The molecule has 134 valence electrons. The van der Waals surface area contributed by atoms with E-state index in [4.69, 9.17) is 11.6 Å². The van der Waals surface area contributed by atoms with E-state index in [-0.39, 0.29) is 18.1 Å². The number of likely N-dealkylation sites (tertiary alicyclic amines) is 1. The molecule has 0 bridgehead atoms. The lowest BCUT2D eigenvalue weighted by Gasteiger charge is -2.41. The van der Waals surface area contributed by atoms with Crippen molar-refractivity contribution in [3.05, 3.63) is 16.5 Å². The Morgan fingerprint density at radius 2 is 1.71 bits per heavy atom. The van der Waals surface area contributed by atoms with Crippen LogP contribution >= 0.6 is 11.6 Å². The van der Waals surface area contributed by atoms with E-state index in [0.717, 1.165) is 42.8 Å². The zero-order chi connectivity index (χ0) is 17.3. The van der Waals surface area contributed by atoms with Gasteiger partial charge in [0, 0.05) is 49.3 Å². The largest absolute Gasteiger partial charge is 0.367 e. The van der Waals surface area contributed by atoms with E-state index in [1.807, 2.05) is 13.8 Å². The average molecular weight is 359 g/mol. The number of aryl methyl sites for hydroxylation is 1. The van der Waals surface area contributed by atoms with Gasteiger partial charge in [-0.3, -0.25) is 4.90 Å². The highest BCUT2D eigenvalue weighted by Gasteiger charge is 2.37. The number of hydrogen-bond donors (Lipinski definition) is 1. The van der Waals surface area contributed by atoms with E-state index in [1.54, 1.807) is 0 Å². The fraction of sp³-hybridized carbons (Fsp3) is 0.765. The Morgan fingerprint density at radius 1 is 1.08 bits per heavy atom. The van der Waals surface area contributed by atoms with Gasteiger partial charge in [0.15, 0.2) is 0 Å². The van der Waals surface area contributed by atoms with Crippen LogP contribution < -0.4 is 5.32 Å². The minimum atomic E-state index is -2.46. The van der Waals surface area contributed by atoms with Gasteiger partial charge >= 0.3 is 0 Å². The summed E-state index contributed by atoms with van der Waals surface area (Å²) in [6.07, 6.45) is 4.14. The van der Waals surface area contributed by atoms with Gasteiger partial charge in [-0.05, 0) is 51.1 Å². The minimum absolute atomic E-state index is 0.00306. The maximum Gasteiger partial charge on any atom is 0.250 e. The van der Waals surface area contributed by atoms with Crippen LogP contribution in [-0.2, 0) is 0 Å². The Balaban J connectivity index is 1.53. The lowest BCUT2D eigenvalue weighted by atomic mass is 9.88. The molecule has 2 aliphatic rings. The van der Waals surface area contributed by atoms with E-state index in [9.17, 15) is 8.78 Å². The first-order valence-corrected chi connectivity index (χ1v) is 9.11. The maximum atomic E-state index is 13.3. The molecular weight excluding hydrogens is 334 g/mol. The number of aromatic nitrogens is 2. The van der Waals surface area contributed by atoms with E-state index < -0.39 is 5.92 Å². The molecule has 1 aliphatic carbocycles. The summed E-state index contributed by atoms with van der Waals surface area (Å²) < 4.78 is 26.6. The summed E-state index contributed by atoms with van der Waals surface area (Å²) in [5.41, 5.74) is 1.92. The molecule has 0 aromatic carbocycles. The van der Waals surface area contributed by atoms with Crippen LogP contribution in [0.2, 0.25) is 5.28 Å². The lowest BCUT2D eigenvalue weighted by Crippen LogP contribution is -2.47. The third-order valence-electron chi connectivity index (χ3n) is 5.45. The molecule has 1 saturated carbocycles. The molecule has 0 radical (unpaired) electrons. The molecule has 2 heterocycles. The van der Waals surface area contributed by atoms with Crippen LogP contribution in [0.25, 0.3) is 0 Å². The van der Waals surface area contributed by atoms with Crippen molar-refractivity contribution >= 4 is 17.4 Å². The molecule has 0 amide bonds. The second-order valence-corrected chi connectivity index (χ2v) is 7.43. The average Bonchev–Trinajstić information content (AvgIpc) is 2.53. The molecule has 0 spiro atoms. The van der Waals surface area contributed by atoms with Crippen LogP contribution in [0.5, 0.6) is 0 Å². The molecule has 1 saturated heterocycles. The first-order chi connectivity index (χ1) is 11.3. The summed E-state index contributed by atoms with van der Waals surface area (Å²) in [6, 6.07) is 0.799. The zero-order valence-corrected chi connectivity index (χ0v) is 15.0. The number of hydrogen-bond acceptors (Lipinski definition) is 4. The predicted octanol–water partition coefficient (Wildman–Crippen LogP) is 4.20. The van der Waals surface area contributed by atoms with Gasteiger partial charge in [-0.15, -0.1) is 0 Å². The smallest absolute Gasteiger partial charge is 0.250 e. The summed E-state index contributed by atoms with van der Waals surface area (Å²) in [4.78, 5) is 10.7. The van der Waals surface area contributed by atoms with Gasteiger partial charge in [0.2, 0.25) is 5.28 Å². The number of rotatable bonds is 3. The second kappa shape index (κ2) is 7.08. The van der Waals surface area contributed by atoms with Gasteiger partial charge in [-0.25, -0.2) is 18.7 Å². The third kappa shape index (κ3) is 4.14. The Kier molecular flexibility index (Phi) is 5.25. The maximum absolute atomic E-state index is 13.3. The fourth-order valence-corrected chi connectivity index (χ4v) is 3.94. The highest BCUT2D eigenvalue weighted by Crippen LogP contribution is 2.33. The molecule has 1 aromatic rings. The van der Waals surface area contributed by atoms with E-state index in [1.165, 1.54) is 0 Å². The summed E-state index contributed by atoms with van der Waals surface area (Å²) in [5, 5.41) is 3.76. The molecule has 24 heavy (non-hydrogen) atoms. The number of alkyl halides is 2. The van der Waals surface area contributed by atoms with Crippen molar-refractivity contribution in [2.75, 3.05) is 18.4 Å². The second-order valence-electron chi connectivity index (χ2n) is 7.09. The first kappa shape index (κ1) is 17.8. The third-order valence-corrected chi connectivity index (χ3v) is 5.61. The highest BCUT2D eigenvalue weighted by molar-refractivity contribution is 6.28. The predicted molar refractivity (Wildman–Crippen MR) is 91.9 cm³/mol. The standard InChI is InChI=1S/C17H25ClF2N4/c1-11-12(2)21-16(18)23-15(11)22-13-3-5-14(6-4-13)24-9-7-17(19,20)8-10-24/h13-14H,3-10H2,1-2H3,(H,21,22,23). The molecule has 7 heteroatoms. The quantitative estimate of drug-likeness (QED) is 0.822. The van der Waals surface area contributed by atoms with Gasteiger partial charge in [-0.2, -0.15) is 0 Å². The van der Waals surface area contributed by atoms with Crippen LogP contribution in [0.1, 0.15) is 49.8 Å². The van der Waals surface area contributed by atoms with E-state index >= 15 is 0 Å². The Morgan fingerprint density at radius 3 is 2.33 bits per heavy atom. The van der Waals surface area contributed by atoms with E-state index in [2.05, 4.69) is 20.2 Å². The summed E-state index contributed by atoms with van der Waals surface area (Å²) in [7, 11) is 0. The van der Waals surface area contributed by atoms with Crippen molar-refractivity contribution in [3.8, 4) is 0 Å². The topological polar surface area (TPSA) is 41.1 Å². The van der Waals surface area contributed by atoms with Crippen LogP contribution in [0, 0.1) is 13.8 Å². The zero-order valence-electron chi connectivity index (χ0n) is 14.3. The summed E-state index contributed by atoms with van der Waals surface area (Å²) >= 11 is 5.96. The van der Waals surface area contributed by atoms with Gasteiger partial charge in [0.05, 0.1) is 0 Å². The van der Waals surface area contributed by atoms with Crippen LogP contribution in [0.4, 0.5) is 14.6 Å². The fourth-order valence-electron chi connectivity index (χ4n) is 3.73. The van der Waals surface area contributed by atoms with Crippen molar-refractivity contribution in [1.29, 1.82) is 0 Å². The van der Waals surface area contributed by atoms with Crippen LogP contribution in [-0.4, -0.2) is 46.0 Å². The molecule has 1 aromatic heterocycles. The Labute approximate surface area is 147 Å². The van der Waals surface area contributed by atoms with Crippen molar-refractivity contribution in [2.24, 2.45) is 0 Å². The lowest BCUT2D eigenvalue weighted by molar-refractivity contribution is -0.0657. The van der Waals surface area contributed by atoms with Crippen molar-refractivity contribution < 1.29 is 8.78 Å². The molecule has 1 aliphatic heterocycles. The minimum Gasteiger partial charge on any atom is -0.367 e.